The van der Waals surface area contributed by atoms with E-state index < -0.39 is 16.0 Å². The third kappa shape index (κ3) is 4.78. The molecule has 1 aliphatic carbocycles. The van der Waals surface area contributed by atoms with E-state index in [0.717, 1.165) is 18.4 Å². The van der Waals surface area contributed by atoms with E-state index in [1.165, 1.54) is 25.3 Å². The van der Waals surface area contributed by atoms with Crippen molar-refractivity contribution in [3.8, 4) is 11.5 Å². The third-order valence-corrected chi connectivity index (χ3v) is 5.63. The molecule has 0 heterocycles. The molecule has 8 heteroatoms. The predicted molar refractivity (Wildman–Crippen MR) is 98.5 cm³/mol. The number of methoxy groups -OCH3 is 2. The van der Waals surface area contributed by atoms with Crippen LogP contribution in [0.25, 0.3) is 0 Å². The summed E-state index contributed by atoms with van der Waals surface area (Å²) >= 11 is 0. The van der Waals surface area contributed by atoms with Gasteiger partial charge in [0, 0.05) is 6.04 Å². The molecule has 2 aromatic rings. The first-order valence-corrected chi connectivity index (χ1v) is 9.91. The maximum Gasteiger partial charge on any atom is 0.338 e. The van der Waals surface area contributed by atoms with Crippen LogP contribution in [0.2, 0.25) is 0 Å². The Morgan fingerprint density at radius 2 is 1.89 bits per heavy atom. The Labute approximate surface area is 158 Å². The van der Waals surface area contributed by atoms with Gasteiger partial charge in [-0.25, -0.2) is 17.9 Å². The van der Waals surface area contributed by atoms with Gasteiger partial charge >= 0.3 is 5.97 Å². The van der Waals surface area contributed by atoms with Crippen molar-refractivity contribution < 1.29 is 27.4 Å². The molecule has 7 nitrogen and oxygen atoms in total. The first kappa shape index (κ1) is 19.2. The molecule has 0 atom stereocenters. The summed E-state index contributed by atoms with van der Waals surface area (Å²) < 4.78 is 43.2. The third-order valence-electron chi connectivity index (χ3n) is 4.09. The minimum atomic E-state index is -3.77. The van der Waals surface area contributed by atoms with Gasteiger partial charge in [0.1, 0.15) is 23.0 Å². The Kier molecular flexibility index (Phi) is 5.67. The Balaban J connectivity index is 1.77. The van der Waals surface area contributed by atoms with E-state index in [-0.39, 0.29) is 28.9 Å². The van der Waals surface area contributed by atoms with Gasteiger partial charge < -0.3 is 14.2 Å². The number of carbonyl (C=O) groups excluding carboxylic acids is 1. The van der Waals surface area contributed by atoms with E-state index in [1.54, 1.807) is 31.4 Å². The molecule has 3 rings (SSSR count). The maximum absolute atomic E-state index is 12.5. The van der Waals surface area contributed by atoms with Gasteiger partial charge in [-0.2, -0.15) is 0 Å². The number of benzene rings is 2. The molecule has 144 valence electrons. The largest absolute Gasteiger partial charge is 0.497 e. The van der Waals surface area contributed by atoms with Crippen molar-refractivity contribution >= 4 is 16.0 Å². The highest BCUT2D eigenvalue weighted by Gasteiger charge is 2.30. The molecule has 1 fully saturated rings. The number of nitrogens with one attached hydrogen (secondary N) is 1. The second-order valence-electron chi connectivity index (χ2n) is 6.19. The van der Waals surface area contributed by atoms with E-state index in [1.807, 2.05) is 0 Å². The fourth-order valence-electron chi connectivity index (χ4n) is 2.49. The van der Waals surface area contributed by atoms with E-state index in [0.29, 0.717) is 5.75 Å². The minimum absolute atomic E-state index is 0.0461. The topological polar surface area (TPSA) is 90.9 Å². The highest BCUT2D eigenvalue weighted by Crippen LogP contribution is 2.28. The highest BCUT2D eigenvalue weighted by molar-refractivity contribution is 7.89. The lowest BCUT2D eigenvalue weighted by atomic mass is 10.2. The number of hydrogen-bond donors (Lipinski definition) is 1. The second-order valence-corrected chi connectivity index (χ2v) is 7.87. The fraction of sp³-hybridized carbons (Fsp3) is 0.316. The summed E-state index contributed by atoms with van der Waals surface area (Å²) in [4.78, 5) is 12.3. The van der Waals surface area contributed by atoms with Crippen molar-refractivity contribution in [2.24, 2.45) is 0 Å². The Morgan fingerprint density at radius 1 is 1.11 bits per heavy atom. The maximum atomic E-state index is 12.5. The summed E-state index contributed by atoms with van der Waals surface area (Å²) in [5.74, 6) is 0.211. The molecule has 2 aromatic carbocycles. The summed E-state index contributed by atoms with van der Waals surface area (Å²) in [6.45, 7) is 0.0461. The first-order chi connectivity index (χ1) is 12.9. The van der Waals surface area contributed by atoms with E-state index in [4.69, 9.17) is 14.2 Å². The zero-order valence-corrected chi connectivity index (χ0v) is 15.9. The number of sulfonamides is 1. The minimum Gasteiger partial charge on any atom is -0.497 e. The van der Waals surface area contributed by atoms with Gasteiger partial charge in [-0.1, -0.05) is 12.1 Å². The lowest BCUT2D eigenvalue weighted by molar-refractivity contribution is 0.0472. The molecule has 27 heavy (non-hydrogen) atoms. The van der Waals surface area contributed by atoms with Gasteiger partial charge in [-0.15, -0.1) is 0 Å². The molecular formula is C19H21NO6S. The molecule has 1 aliphatic rings. The number of carbonyl (C=O) groups is 1. The van der Waals surface area contributed by atoms with Crippen molar-refractivity contribution in [2.45, 2.75) is 30.4 Å². The number of rotatable bonds is 8. The summed E-state index contributed by atoms with van der Waals surface area (Å²) in [7, 11) is -0.834. The van der Waals surface area contributed by atoms with Crippen LogP contribution in [0, 0.1) is 0 Å². The Bertz CT molecular complexity index is 937. The van der Waals surface area contributed by atoms with Crippen LogP contribution < -0.4 is 14.2 Å². The molecule has 0 saturated heterocycles. The van der Waals surface area contributed by atoms with Gasteiger partial charge in [0.15, 0.2) is 0 Å². The molecule has 0 radical (unpaired) electrons. The molecule has 1 saturated carbocycles. The van der Waals surface area contributed by atoms with Crippen LogP contribution in [0.5, 0.6) is 11.5 Å². The van der Waals surface area contributed by atoms with Crippen LogP contribution >= 0.6 is 0 Å². The standard InChI is InChI=1S/C19H21NO6S/c1-24-16-5-3-4-13(10-16)12-26-19(21)14-6-9-17(25-2)18(11-14)27(22,23)20-15-7-8-15/h3-6,9-11,15,20H,7-8,12H2,1-2H3. The van der Waals surface area contributed by atoms with Crippen molar-refractivity contribution in [1.82, 2.24) is 4.72 Å². The number of ether oxygens (including phenoxy) is 3. The average Bonchev–Trinajstić information content (AvgIpc) is 3.49. The molecule has 0 amide bonds. The Hall–Kier alpha value is -2.58. The fourth-order valence-corrected chi connectivity index (χ4v) is 3.99. The summed E-state index contributed by atoms with van der Waals surface area (Å²) in [6, 6.07) is 11.3. The molecule has 0 bridgehead atoms. The van der Waals surface area contributed by atoms with Crippen molar-refractivity contribution in [2.75, 3.05) is 14.2 Å². The SMILES string of the molecule is COc1cccc(COC(=O)c2ccc(OC)c(S(=O)(=O)NC3CC3)c2)c1. The molecule has 0 aliphatic heterocycles. The summed E-state index contributed by atoms with van der Waals surface area (Å²) in [6.07, 6.45) is 1.62. The average molecular weight is 391 g/mol. The molecule has 0 unspecified atom stereocenters. The van der Waals surface area contributed by atoms with Crippen LogP contribution in [0.4, 0.5) is 0 Å². The van der Waals surface area contributed by atoms with Gasteiger partial charge in [0.2, 0.25) is 10.0 Å². The summed E-state index contributed by atoms with van der Waals surface area (Å²) in [5, 5.41) is 0. The summed E-state index contributed by atoms with van der Waals surface area (Å²) in [5.41, 5.74) is 0.898. The van der Waals surface area contributed by atoms with E-state index >= 15 is 0 Å². The predicted octanol–water partition coefficient (Wildman–Crippen LogP) is 2.50. The van der Waals surface area contributed by atoms with Crippen molar-refractivity contribution in [3.05, 3.63) is 53.6 Å². The lowest BCUT2D eigenvalue weighted by Crippen LogP contribution is -2.26. The number of esters is 1. The van der Waals surface area contributed by atoms with Gasteiger partial charge in [0.05, 0.1) is 19.8 Å². The van der Waals surface area contributed by atoms with Crippen LogP contribution in [0.1, 0.15) is 28.8 Å². The van der Waals surface area contributed by atoms with Crippen LogP contribution in [0.3, 0.4) is 0 Å². The van der Waals surface area contributed by atoms with E-state index in [9.17, 15) is 13.2 Å². The normalized spacial score (nSPS) is 13.9. The van der Waals surface area contributed by atoms with Crippen molar-refractivity contribution in [3.63, 3.8) is 0 Å². The van der Waals surface area contributed by atoms with Crippen LogP contribution in [-0.2, 0) is 21.4 Å². The molecule has 0 spiro atoms. The first-order valence-electron chi connectivity index (χ1n) is 8.43. The molecule has 1 N–H and O–H groups in total. The zero-order valence-electron chi connectivity index (χ0n) is 15.1. The molecule has 0 aromatic heterocycles. The monoisotopic (exact) mass is 391 g/mol. The number of hydrogen-bond acceptors (Lipinski definition) is 6. The van der Waals surface area contributed by atoms with Gasteiger partial charge in [-0.05, 0) is 48.7 Å². The van der Waals surface area contributed by atoms with Crippen molar-refractivity contribution in [1.29, 1.82) is 0 Å². The second kappa shape index (κ2) is 7.98. The van der Waals surface area contributed by atoms with Crippen LogP contribution in [0.15, 0.2) is 47.4 Å². The van der Waals surface area contributed by atoms with Crippen LogP contribution in [-0.4, -0.2) is 34.6 Å². The van der Waals surface area contributed by atoms with Gasteiger partial charge in [0.25, 0.3) is 0 Å². The lowest BCUT2D eigenvalue weighted by Gasteiger charge is -2.12. The zero-order chi connectivity index (χ0) is 19.4. The van der Waals surface area contributed by atoms with E-state index in [2.05, 4.69) is 4.72 Å². The van der Waals surface area contributed by atoms with Gasteiger partial charge in [-0.3, -0.25) is 0 Å². The Morgan fingerprint density at radius 3 is 2.56 bits per heavy atom. The smallest absolute Gasteiger partial charge is 0.338 e. The molecular weight excluding hydrogens is 370 g/mol. The quantitative estimate of drug-likeness (QED) is 0.696. The highest BCUT2D eigenvalue weighted by atomic mass is 32.2.